The molecule has 2 saturated carbocycles. The molecular formula is C8H14ClNO2. The fourth-order valence-electron chi connectivity index (χ4n) is 2.10. The van der Waals surface area contributed by atoms with Crippen LogP contribution in [-0.4, -0.2) is 19.1 Å². The fraction of sp³-hybridized carbons (Fsp3) is 0.875. The van der Waals surface area contributed by atoms with E-state index in [1.165, 1.54) is 7.11 Å². The molecule has 4 heteroatoms. The molecular weight excluding hydrogens is 178 g/mol. The highest BCUT2D eigenvalue weighted by Gasteiger charge is 2.61. The largest absolute Gasteiger partial charge is 0.469 e. The van der Waals surface area contributed by atoms with Crippen LogP contribution < -0.4 is 5.73 Å². The molecule has 2 fully saturated rings. The molecule has 0 saturated heterocycles. The molecule has 0 radical (unpaired) electrons. The van der Waals surface area contributed by atoms with Crippen LogP contribution in [0.4, 0.5) is 0 Å². The van der Waals surface area contributed by atoms with Crippen LogP contribution in [0.5, 0.6) is 0 Å². The molecule has 0 amide bonds. The zero-order valence-corrected chi connectivity index (χ0v) is 7.89. The first kappa shape index (κ1) is 9.81. The van der Waals surface area contributed by atoms with Gasteiger partial charge in [0, 0.05) is 6.04 Å². The van der Waals surface area contributed by atoms with Crippen LogP contribution >= 0.6 is 12.4 Å². The molecule has 0 heterocycles. The first-order chi connectivity index (χ1) is 5.18. The molecule has 1 unspecified atom stereocenters. The number of rotatable bonds is 1. The number of hydrogen-bond donors (Lipinski definition) is 1. The van der Waals surface area contributed by atoms with Crippen molar-refractivity contribution >= 4 is 18.4 Å². The number of halogens is 1. The summed E-state index contributed by atoms with van der Waals surface area (Å²) in [5, 5.41) is 0. The predicted octanol–water partition coefficient (Wildman–Crippen LogP) is 0.709. The maximum Gasteiger partial charge on any atom is 0.308 e. The maximum atomic E-state index is 11.0. The van der Waals surface area contributed by atoms with Gasteiger partial charge in [-0.05, 0) is 24.7 Å². The Morgan fingerprint density at radius 2 is 2.00 bits per heavy atom. The van der Waals surface area contributed by atoms with Crippen LogP contribution in [0.3, 0.4) is 0 Å². The van der Waals surface area contributed by atoms with Crippen LogP contribution in [0.2, 0.25) is 0 Å². The lowest BCUT2D eigenvalue weighted by atomic mass is 9.71. The summed E-state index contributed by atoms with van der Waals surface area (Å²) in [5.41, 5.74) is 6.07. The average Bonchev–Trinajstić information content (AvgIpc) is 2.57. The normalized spacial score (nSPS) is 42.8. The molecule has 0 aromatic carbocycles. The molecule has 2 rings (SSSR count). The van der Waals surface area contributed by atoms with E-state index in [0.29, 0.717) is 11.5 Å². The Morgan fingerprint density at radius 3 is 2.33 bits per heavy atom. The van der Waals surface area contributed by atoms with Gasteiger partial charge in [0.2, 0.25) is 0 Å². The summed E-state index contributed by atoms with van der Waals surface area (Å²) in [6.07, 6.45) is 3.03. The zero-order chi connectivity index (χ0) is 8.06. The van der Waals surface area contributed by atoms with Crippen molar-refractivity contribution in [1.29, 1.82) is 0 Å². The van der Waals surface area contributed by atoms with Gasteiger partial charge < -0.3 is 10.5 Å². The van der Waals surface area contributed by atoms with Gasteiger partial charge in [-0.1, -0.05) is 0 Å². The van der Waals surface area contributed by atoms with E-state index in [2.05, 4.69) is 4.74 Å². The van der Waals surface area contributed by atoms with Gasteiger partial charge in [0.25, 0.3) is 0 Å². The SMILES string of the molecule is COC(=O)C1CC2(C1)CC2N.Cl. The minimum Gasteiger partial charge on any atom is -0.469 e. The summed E-state index contributed by atoms with van der Waals surface area (Å²) < 4.78 is 4.63. The van der Waals surface area contributed by atoms with Gasteiger partial charge in [-0.15, -0.1) is 12.4 Å². The fourth-order valence-corrected chi connectivity index (χ4v) is 2.10. The summed E-state index contributed by atoms with van der Waals surface area (Å²) >= 11 is 0. The molecule has 1 atom stereocenters. The van der Waals surface area contributed by atoms with Crippen LogP contribution in [0.1, 0.15) is 19.3 Å². The monoisotopic (exact) mass is 191 g/mol. The van der Waals surface area contributed by atoms with Gasteiger partial charge in [-0.2, -0.15) is 0 Å². The van der Waals surface area contributed by atoms with E-state index in [9.17, 15) is 4.79 Å². The number of hydrogen-bond acceptors (Lipinski definition) is 3. The van der Waals surface area contributed by atoms with E-state index in [0.717, 1.165) is 19.3 Å². The van der Waals surface area contributed by atoms with E-state index in [1.54, 1.807) is 0 Å². The number of nitrogens with two attached hydrogens (primary N) is 1. The summed E-state index contributed by atoms with van der Waals surface area (Å²) in [7, 11) is 1.44. The molecule has 1 spiro atoms. The third-order valence-corrected chi connectivity index (χ3v) is 3.09. The lowest BCUT2D eigenvalue weighted by Crippen LogP contribution is -2.36. The van der Waals surface area contributed by atoms with Gasteiger partial charge in [-0.25, -0.2) is 0 Å². The average molecular weight is 192 g/mol. The van der Waals surface area contributed by atoms with E-state index in [1.807, 2.05) is 0 Å². The van der Waals surface area contributed by atoms with Crippen molar-refractivity contribution in [3.05, 3.63) is 0 Å². The minimum atomic E-state index is -0.0604. The summed E-state index contributed by atoms with van der Waals surface area (Å²) in [6.45, 7) is 0. The van der Waals surface area contributed by atoms with Crippen molar-refractivity contribution in [2.45, 2.75) is 25.3 Å². The molecule has 0 bridgehead atoms. The topological polar surface area (TPSA) is 52.3 Å². The lowest BCUT2D eigenvalue weighted by molar-refractivity contribution is -0.150. The molecule has 2 aliphatic carbocycles. The Kier molecular flexibility index (Phi) is 2.36. The standard InChI is InChI=1S/C8H13NO2.ClH/c1-11-7(10)5-2-8(3-5)4-6(8)9;/h5-6H,2-4,9H2,1H3;1H. The minimum absolute atomic E-state index is 0. The van der Waals surface area contributed by atoms with Gasteiger partial charge in [0.15, 0.2) is 0 Å². The molecule has 70 valence electrons. The molecule has 0 aromatic heterocycles. The van der Waals surface area contributed by atoms with E-state index < -0.39 is 0 Å². The summed E-state index contributed by atoms with van der Waals surface area (Å²) in [6, 6.07) is 0.364. The Balaban J connectivity index is 0.000000720. The predicted molar refractivity (Wildman–Crippen MR) is 47.0 cm³/mol. The van der Waals surface area contributed by atoms with Gasteiger partial charge in [0.1, 0.15) is 0 Å². The molecule has 3 nitrogen and oxygen atoms in total. The van der Waals surface area contributed by atoms with Crippen LogP contribution in [-0.2, 0) is 9.53 Å². The third kappa shape index (κ3) is 1.21. The highest BCUT2D eigenvalue weighted by molar-refractivity contribution is 5.85. The smallest absolute Gasteiger partial charge is 0.308 e. The van der Waals surface area contributed by atoms with Crippen molar-refractivity contribution in [1.82, 2.24) is 0 Å². The second kappa shape index (κ2) is 2.89. The summed E-state index contributed by atoms with van der Waals surface area (Å²) in [5.74, 6) is 0.0864. The van der Waals surface area contributed by atoms with Crippen molar-refractivity contribution < 1.29 is 9.53 Å². The van der Waals surface area contributed by atoms with E-state index >= 15 is 0 Å². The Bertz CT molecular complexity index is 201. The molecule has 0 aliphatic heterocycles. The highest BCUT2D eigenvalue weighted by Crippen LogP contribution is 2.62. The Labute approximate surface area is 78.1 Å². The van der Waals surface area contributed by atoms with Gasteiger partial charge >= 0.3 is 5.97 Å². The van der Waals surface area contributed by atoms with Crippen molar-refractivity contribution in [2.24, 2.45) is 17.1 Å². The lowest BCUT2D eigenvalue weighted by Gasteiger charge is -2.34. The number of esters is 1. The second-order valence-electron chi connectivity index (χ2n) is 3.80. The number of methoxy groups -OCH3 is 1. The Hall–Kier alpha value is -0.280. The highest BCUT2D eigenvalue weighted by atomic mass is 35.5. The van der Waals surface area contributed by atoms with Crippen molar-refractivity contribution in [3.63, 3.8) is 0 Å². The second-order valence-corrected chi connectivity index (χ2v) is 3.80. The van der Waals surface area contributed by atoms with E-state index in [-0.39, 0.29) is 24.3 Å². The number of ether oxygens (including phenoxy) is 1. The molecule has 2 aliphatic rings. The zero-order valence-electron chi connectivity index (χ0n) is 7.08. The first-order valence-corrected chi connectivity index (χ1v) is 4.01. The van der Waals surface area contributed by atoms with Crippen molar-refractivity contribution in [2.75, 3.05) is 7.11 Å². The Morgan fingerprint density at radius 1 is 1.50 bits per heavy atom. The van der Waals surface area contributed by atoms with Crippen LogP contribution in [0.15, 0.2) is 0 Å². The molecule has 0 aromatic rings. The maximum absolute atomic E-state index is 11.0. The molecule has 2 N–H and O–H groups in total. The molecule has 12 heavy (non-hydrogen) atoms. The quantitative estimate of drug-likeness (QED) is 0.622. The third-order valence-electron chi connectivity index (χ3n) is 3.09. The van der Waals surface area contributed by atoms with Crippen molar-refractivity contribution in [3.8, 4) is 0 Å². The first-order valence-electron chi connectivity index (χ1n) is 4.01. The van der Waals surface area contributed by atoms with Crippen LogP contribution in [0, 0.1) is 11.3 Å². The van der Waals surface area contributed by atoms with E-state index in [4.69, 9.17) is 5.73 Å². The number of carbonyl (C=O) groups is 1. The van der Waals surface area contributed by atoms with Gasteiger partial charge in [0.05, 0.1) is 13.0 Å². The van der Waals surface area contributed by atoms with Crippen LogP contribution in [0.25, 0.3) is 0 Å². The summed E-state index contributed by atoms with van der Waals surface area (Å²) in [4.78, 5) is 11.0. The number of carbonyl (C=O) groups excluding carboxylic acids is 1. The van der Waals surface area contributed by atoms with Gasteiger partial charge in [-0.3, -0.25) is 4.79 Å².